The van der Waals surface area contributed by atoms with Crippen LogP contribution in [0.25, 0.3) is 22.3 Å². The van der Waals surface area contributed by atoms with Crippen molar-refractivity contribution in [3.8, 4) is 11.3 Å². The second-order valence-corrected chi connectivity index (χ2v) is 4.82. The van der Waals surface area contributed by atoms with Crippen molar-refractivity contribution in [1.29, 1.82) is 0 Å². The van der Waals surface area contributed by atoms with E-state index in [0.717, 1.165) is 5.56 Å². The normalized spacial score (nSPS) is 10.8. The third kappa shape index (κ3) is 2.48. The lowest BCUT2D eigenvalue weighted by Gasteiger charge is -2.05. The maximum Gasteiger partial charge on any atom is 0.340 e. The number of nitrogens with one attached hydrogen (secondary N) is 1. The molecule has 0 aliphatic rings. The van der Waals surface area contributed by atoms with Crippen molar-refractivity contribution >= 4 is 28.6 Å². The number of nitrogens with zero attached hydrogens (tertiary/aromatic N) is 2. The molecule has 2 aromatic heterocycles. The van der Waals surface area contributed by atoms with E-state index in [-0.39, 0.29) is 0 Å². The van der Waals surface area contributed by atoms with Crippen molar-refractivity contribution in [1.82, 2.24) is 15.0 Å². The van der Waals surface area contributed by atoms with Gasteiger partial charge in [0, 0.05) is 16.8 Å². The second-order valence-electron chi connectivity index (χ2n) is 4.38. The second kappa shape index (κ2) is 5.54. The fraction of sp³-hybridized carbons (Fsp3) is 0.133. The Labute approximate surface area is 125 Å². The molecule has 21 heavy (non-hydrogen) atoms. The van der Waals surface area contributed by atoms with Crippen LogP contribution in [0.3, 0.4) is 0 Å². The number of hydrogen-bond donors (Lipinski definition) is 1. The molecule has 6 heteroatoms. The van der Waals surface area contributed by atoms with Gasteiger partial charge in [-0.15, -0.1) is 0 Å². The van der Waals surface area contributed by atoms with Crippen LogP contribution in [0.2, 0.25) is 5.02 Å². The van der Waals surface area contributed by atoms with Gasteiger partial charge in [0.1, 0.15) is 12.0 Å². The molecule has 0 spiro atoms. The number of H-pyrrole nitrogens is 1. The third-order valence-corrected chi connectivity index (χ3v) is 3.30. The van der Waals surface area contributed by atoms with Crippen LogP contribution in [0.1, 0.15) is 17.3 Å². The highest BCUT2D eigenvalue weighted by Crippen LogP contribution is 2.29. The van der Waals surface area contributed by atoms with Crippen molar-refractivity contribution < 1.29 is 9.53 Å². The van der Waals surface area contributed by atoms with Crippen molar-refractivity contribution in [2.75, 3.05) is 6.61 Å². The summed E-state index contributed by atoms with van der Waals surface area (Å²) in [5, 5.41) is 1.24. The van der Waals surface area contributed by atoms with Gasteiger partial charge in [-0.3, -0.25) is 0 Å². The number of benzene rings is 1. The highest BCUT2D eigenvalue weighted by molar-refractivity contribution is 6.30. The molecular formula is C15H12ClN3O2. The van der Waals surface area contributed by atoms with Gasteiger partial charge >= 0.3 is 5.97 Å². The van der Waals surface area contributed by atoms with Gasteiger partial charge in [-0.2, -0.15) is 0 Å². The number of aromatic amines is 1. The molecule has 0 aliphatic carbocycles. The zero-order valence-corrected chi connectivity index (χ0v) is 12.0. The van der Waals surface area contributed by atoms with Crippen LogP contribution >= 0.6 is 11.6 Å². The Kier molecular flexibility index (Phi) is 3.58. The molecule has 0 fully saturated rings. The molecule has 106 valence electrons. The number of rotatable bonds is 3. The van der Waals surface area contributed by atoms with E-state index in [2.05, 4.69) is 15.0 Å². The van der Waals surface area contributed by atoms with Crippen LogP contribution in [0.15, 0.2) is 36.8 Å². The van der Waals surface area contributed by atoms with Crippen LogP contribution in [-0.4, -0.2) is 27.5 Å². The van der Waals surface area contributed by atoms with Crippen LogP contribution < -0.4 is 0 Å². The zero-order valence-electron chi connectivity index (χ0n) is 11.3. The predicted molar refractivity (Wildman–Crippen MR) is 80.3 cm³/mol. The minimum atomic E-state index is -0.401. The van der Waals surface area contributed by atoms with Crippen molar-refractivity contribution in [2.24, 2.45) is 0 Å². The molecular weight excluding hydrogens is 290 g/mol. The van der Waals surface area contributed by atoms with Crippen LogP contribution in [0, 0.1) is 0 Å². The molecule has 1 aromatic carbocycles. The first-order chi connectivity index (χ1) is 10.2. The summed E-state index contributed by atoms with van der Waals surface area (Å²) < 4.78 is 5.07. The van der Waals surface area contributed by atoms with Gasteiger partial charge in [-0.05, 0) is 19.1 Å². The summed E-state index contributed by atoms with van der Waals surface area (Å²) in [5.74, 6) is -0.401. The molecule has 0 unspecified atom stereocenters. The van der Waals surface area contributed by atoms with Gasteiger partial charge in [0.2, 0.25) is 0 Å². The molecule has 5 nitrogen and oxygen atoms in total. The van der Waals surface area contributed by atoms with Gasteiger partial charge < -0.3 is 9.72 Å². The van der Waals surface area contributed by atoms with Crippen molar-refractivity contribution in [2.45, 2.75) is 6.92 Å². The minimum absolute atomic E-state index is 0.311. The Hall–Kier alpha value is -2.40. The van der Waals surface area contributed by atoms with Crippen LogP contribution in [0.4, 0.5) is 0 Å². The molecule has 0 radical (unpaired) electrons. The Morgan fingerprint density at radius 2 is 2.24 bits per heavy atom. The van der Waals surface area contributed by atoms with Gasteiger partial charge in [0.15, 0.2) is 0 Å². The van der Waals surface area contributed by atoms with E-state index in [1.165, 1.54) is 6.33 Å². The van der Waals surface area contributed by atoms with E-state index in [1.54, 1.807) is 25.3 Å². The summed E-state index contributed by atoms with van der Waals surface area (Å²) in [4.78, 5) is 23.5. The molecule has 0 amide bonds. The van der Waals surface area contributed by atoms with E-state index >= 15 is 0 Å². The summed E-state index contributed by atoms with van der Waals surface area (Å²) >= 11 is 6.03. The molecule has 0 aliphatic heterocycles. The third-order valence-electron chi connectivity index (χ3n) is 3.06. The average molecular weight is 302 g/mol. The Bertz CT molecular complexity index is 814. The summed E-state index contributed by atoms with van der Waals surface area (Å²) in [5.41, 5.74) is 2.47. The molecule has 0 atom stereocenters. The summed E-state index contributed by atoms with van der Waals surface area (Å²) in [6, 6.07) is 7.30. The first kappa shape index (κ1) is 13.6. The number of carbonyl (C=O) groups is 1. The van der Waals surface area contributed by atoms with Crippen molar-refractivity contribution in [3.05, 3.63) is 47.4 Å². The maximum atomic E-state index is 12.0. The topological polar surface area (TPSA) is 67.9 Å². The summed E-state index contributed by atoms with van der Waals surface area (Å²) in [6.45, 7) is 2.08. The molecule has 2 heterocycles. The largest absolute Gasteiger partial charge is 0.462 e. The molecule has 1 N–H and O–H groups in total. The number of aromatic nitrogens is 3. The van der Waals surface area contributed by atoms with E-state index in [0.29, 0.717) is 33.9 Å². The quantitative estimate of drug-likeness (QED) is 0.752. The molecule has 0 saturated carbocycles. The highest BCUT2D eigenvalue weighted by Gasteiger charge is 2.18. The average Bonchev–Trinajstić information content (AvgIpc) is 2.91. The van der Waals surface area contributed by atoms with Gasteiger partial charge in [-0.1, -0.05) is 23.7 Å². The number of ether oxygens (including phenoxy) is 1. The predicted octanol–water partition coefficient (Wildman–Crippen LogP) is 3.46. The SMILES string of the molecule is CCOC(=O)c1c[nH]c2ncnc(-c3cccc(Cl)c3)c12. The first-order valence-corrected chi connectivity index (χ1v) is 6.83. The molecule has 3 aromatic rings. The monoisotopic (exact) mass is 301 g/mol. The molecule has 3 rings (SSSR count). The lowest BCUT2D eigenvalue weighted by atomic mass is 10.1. The Morgan fingerprint density at radius 3 is 3.00 bits per heavy atom. The van der Waals surface area contributed by atoms with Gasteiger partial charge in [-0.25, -0.2) is 14.8 Å². The van der Waals surface area contributed by atoms with Crippen LogP contribution in [-0.2, 0) is 4.74 Å². The minimum Gasteiger partial charge on any atom is -0.462 e. The summed E-state index contributed by atoms with van der Waals surface area (Å²) in [7, 11) is 0. The number of halogens is 1. The number of fused-ring (bicyclic) bond motifs is 1. The number of carbonyl (C=O) groups excluding carboxylic acids is 1. The van der Waals surface area contributed by atoms with Gasteiger partial charge in [0.05, 0.1) is 23.3 Å². The van der Waals surface area contributed by atoms with E-state index in [4.69, 9.17) is 16.3 Å². The first-order valence-electron chi connectivity index (χ1n) is 6.46. The number of hydrogen-bond acceptors (Lipinski definition) is 4. The Balaban J connectivity index is 2.23. The van der Waals surface area contributed by atoms with E-state index in [1.807, 2.05) is 12.1 Å². The fourth-order valence-corrected chi connectivity index (χ4v) is 2.38. The standard InChI is InChI=1S/C15H12ClN3O2/c1-2-21-15(20)11-7-17-14-12(11)13(18-8-19-14)9-4-3-5-10(16)6-9/h3-8H,2H2,1H3,(H,17,18,19). The van der Waals surface area contributed by atoms with Crippen LogP contribution in [0.5, 0.6) is 0 Å². The molecule has 0 saturated heterocycles. The zero-order chi connectivity index (χ0) is 14.8. The van der Waals surface area contributed by atoms with E-state index < -0.39 is 5.97 Å². The van der Waals surface area contributed by atoms with Gasteiger partial charge in [0.25, 0.3) is 0 Å². The lowest BCUT2D eigenvalue weighted by Crippen LogP contribution is -2.04. The Morgan fingerprint density at radius 1 is 1.38 bits per heavy atom. The highest BCUT2D eigenvalue weighted by atomic mass is 35.5. The lowest BCUT2D eigenvalue weighted by molar-refractivity contribution is 0.0528. The smallest absolute Gasteiger partial charge is 0.340 e. The fourth-order valence-electron chi connectivity index (χ4n) is 2.19. The number of esters is 1. The maximum absolute atomic E-state index is 12.0. The summed E-state index contributed by atoms with van der Waals surface area (Å²) in [6.07, 6.45) is 3.04. The molecule has 0 bridgehead atoms. The van der Waals surface area contributed by atoms with E-state index in [9.17, 15) is 4.79 Å². The van der Waals surface area contributed by atoms with Crippen molar-refractivity contribution in [3.63, 3.8) is 0 Å².